The summed E-state index contributed by atoms with van der Waals surface area (Å²) < 4.78 is 8.89. The minimum Gasteiger partial charge on any atom is -0.496 e. The standard InChI is InChI=1S/C32H37BrClN3O/c1-4-6-19-36(22-24-13-18-30(38-3)28(33)21-24)23-29-31(25-14-16-27(34)17-15-25)35-32(37(29)20-7-5-2)26-11-9-8-10-12-26/h8-18,21H,4-7,19-20,22-23H2,1-3H3. The van der Waals surface area contributed by atoms with Crippen LogP contribution in [-0.2, 0) is 19.6 Å². The first-order valence-corrected chi connectivity index (χ1v) is 14.7. The Balaban J connectivity index is 1.79. The molecule has 0 aliphatic carbocycles. The summed E-state index contributed by atoms with van der Waals surface area (Å²) in [7, 11) is 1.70. The molecule has 0 unspecified atom stereocenters. The zero-order valence-corrected chi connectivity index (χ0v) is 24.9. The molecule has 4 rings (SSSR count). The Morgan fingerprint density at radius 1 is 0.895 bits per heavy atom. The number of hydrogen-bond acceptors (Lipinski definition) is 3. The van der Waals surface area contributed by atoms with Gasteiger partial charge in [-0.05, 0) is 65.1 Å². The number of methoxy groups -OCH3 is 1. The first-order valence-electron chi connectivity index (χ1n) is 13.5. The Labute approximate surface area is 240 Å². The van der Waals surface area contributed by atoms with Crippen molar-refractivity contribution in [2.75, 3.05) is 13.7 Å². The van der Waals surface area contributed by atoms with Crippen LogP contribution in [0.25, 0.3) is 22.6 Å². The number of ether oxygens (including phenoxy) is 1. The number of rotatable bonds is 13. The largest absolute Gasteiger partial charge is 0.496 e. The van der Waals surface area contributed by atoms with Crippen molar-refractivity contribution >= 4 is 27.5 Å². The maximum atomic E-state index is 6.26. The molecule has 0 fully saturated rings. The molecule has 38 heavy (non-hydrogen) atoms. The van der Waals surface area contributed by atoms with Crippen LogP contribution in [0.1, 0.15) is 50.8 Å². The predicted octanol–water partition coefficient (Wildman–Crippen LogP) is 9.24. The van der Waals surface area contributed by atoms with Crippen LogP contribution in [0.5, 0.6) is 5.75 Å². The summed E-state index contributed by atoms with van der Waals surface area (Å²) in [6.45, 7) is 8.11. The number of halogens is 2. The molecule has 0 atom stereocenters. The van der Waals surface area contributed by atoms with Gasteiger partial charge < -0.3 is 9.30 Å². The molecule has 3 aromatic carbocycles. The molecule has 0 amide bonds. The minimum absolute atomic E-state index is 0.735. The molecule has 0 aliphatic heterocycles. The lowest BCUT2D eigenvalue weighted by Crippen LogP contribution is -2.26. The average molecular weight is 595 g/mol. The molecule has 1 heterocycles. The molecule has 200 valence electrons. The van der Waals surface area contributed by atoms with E-state index in [4.69, 9.17) is 21.3 Å². The van der Waals surface area contributed by atoms with Crippen molar-refractivity contribution in [2.24, 2.45) is 0 Å². The van der Waals surface area contributed by atoms with Gasteiger partial charge >= 0.3 is 0 Å². The van der Waals surface area contributed by atoms with Crippen molar-refractivity contribution in [3.8, 4) is 28.4 Å². The number of unbranched alkanes of at least 4 members (excludes halogenated alkanes) is 2. The zero-order chi connectivity index (χ0) is 26.9. The Morgan fingerprint density at radius 3 is 2.29 bits per heavy atom. The van der Waals surface area contributed by atoms with Gasteiger partial charge in [0.05, 0.1) is 23.0 Å². The molecule has 0 aliphatic rings. The van der Waals surface area contributed by atoms with E-state index in [0.29, 0.717) is 0 Å². The van der Waals surface area contributed by atoms with E-state index in [1.165, 1.54) is 11.3 Å². The molecule has 0 radical (unpaired) electrons. The molecule has 4 nitrogen and oxygen atoms in total. The summed E-state index contributed by atoms with van der Waals surface area (Å²) in [5.74, 6) is 1.88. The van der Waals surface area contributed by atoms with Gasteiger partial charge in [-0.1, -0.05) is 86.8 Å². The number of benzene rings is 3. The molecule has 1 aromatic heterocycles. The average Bonchev–Trinajstić information content (AvgIpc) is 3.29. The van der Waals surface area contributed by atoms with Crippen molar-refractivity contribution in [2.45, 2.75) is 59.2 Å². The lowest BCUT2D eigenvalue weighted by Gasteiger charge is -2.24. The lowest BCUT2D eigenvalue weighted by atomic mass is 10.1. The summed E-state index contributed by atoms with van der Waals surface area (Å²) in [4.78, 5) is 7.83. The van der Waals surface area contributed by atoms with Crippen molar-refractivity contribution in [3.63, 3.8) is 0 Å². The van der Waals surface area contributed by atoms with Crippen molar-refractivity contribution in [1.82, 2.24) is 14.5 Å². The van der Waals surface area contributed by atoms with Crippen molar-refractivity contribution in [1.29, 1.82) is 0 Å². The third-order valence-corrected chi connectivity index (χ3v) is 7.65. The summed E-state index contributed by atoms with van der Waals surface area (Å²) in [5.41, 5.74) is 5.78. The SMILES string of the molecule is CCCCN(Cc1ccc(OC)c(Br)c1)Cc1c(-c2ccc(Cl)cc2)nc(-c2ccccc2)n1CCCC. The number of nitrogens with zero attached hydrogens (tertiary/aromatic N) is 3. The van der Waals surface area contributed by atoms with E-state index in [1.807, 2.05) is 18.2 Å². The van der Waals surface area contributed by atoms with Gasteiger partial charge in [0.25, 0.3) is 0 Å². The van der Waals surface area contributed by atoms with Crippen molar-refractivity contribution < 1.29 is 4.74 Å². The maximum absolute atomic E-state index is 6.26. The van der Waals surface area contributed by atoms with E-state index in [2.05, 4.69) is 93.8 Å². The fourth-order valence-corrected chi connectivity index (χ4v) is 5.44. The summed E-state index contributed by atoms with van der Waals surface area (Å²) in [5, 5.41) is 0.735. The van der Waals surface area contributed by atoms with Gasteiger partial charge in [-0.3, -0.25) is 4.90 Å². The monoisotopic (exact) mass is 593 g/mol. The van der Waals surface area contributed by atoms with Crippen LogP contribution in [-0.4, -0.2) is 28.1 Å². The van der Waals surface area contributed by atoms with Gasteiger partial charge in [-0.2, -0.15) is 0 Å². The normalized spacial score (nSPS) is 11.3. The van der Waals surface area contributed by atoms with Gasteiger partial charge in [-0.25, -0.2) is 4.98 Å². The third kappa shape index (κ3) is 7.07. The third-order valence-electron chi connectivity index (χ3n) is 6.78. The van der Waals surface area contributed by atoms with E-state index >= 15 is 0 Å². The van der Waals surface area contributed by atoms with E-state index in [-0.39, 0.29) is 0 Å². The second-order valence-electron chi connectivity index (χ2n) is 9.64. The molecule has 0 spiro atoms. The van der Waals surface area contributed by atoms with Gasteiger partial charge in [0.15, 0.2) is 0 Å². The van der Waals surface area contributed by atoms with Gasteiger partial charge in [0, 0.05) is 35.8 Å². The second kappa shape index (κ2) is 14.0. The van der Waals surface area contributed by atoms with Crippen LogP contribution >= 0.6 is 27.5 Å². The van der Waals surface area contributed by atoms with Crippen LogP contribution in [0, 0.1) is 0 Å². The van der Waals surface area contributed by atoms with Crippen LogP contribution in [0.15, 0.2) is 77.3 Å². The van der Waals surface area contributed by atoms with Gasteiger partial charge in [0.1, 0.15) is 11.6 Å². The second-order valence-corrected chi connectivity index (χ2v) is 10.9. The fraction of sp³-hybridized carbons (Fsp3) is 0.344. The molecule has 0 saturated heterocycles. The number of aromatic nitrogens is 2. The Hall–Kier alpha value is -2.60. The molecule has 0 bridgehead atoms. The van der Waals surface area contributed by atoms with E-state index in [9.17, 15) is 0 Å². The first kappa shape index (κ1) is 28.4. The molecule has 0 N–H and O–H groups in total. The predicted molar refractivity (Wildman–Crippen MR) is 163 cm³/mol. The molecular formula is C32H37BrClN3O. The summed E-state index contributed by atoms with van der Waals surface area (Å²) in [6, 6.07) is 25.0. The minimum atomic E-state index is 0.735. The first-order chi connectivity index (χ1) is 18.5. The fourth-order valence-electron chi connectivity index (χ4n) is 4.72. The molecule has 4 aromatic rings. The van der Waals surface area contributed by atoms with Crippen LogP contribution < -0.4 is 4.74 Å². The van der Waals surface area contributed by atoms with E-state index < -0.39 is 0 Å². The topological polar surface area (TPSA) is 30.3 Å². The van der Waals surface area contributed by atoms with Crippen LogP contribution in [0.3, 0.4) is 0 Å². The highest BCUT2D eigenvalue weighted by molar-refractivity contribution is 9.10. The Kier molecular flexibility index (Phi) is 10.4. The van der Waals surface area contributed by atoms with Crippen LogP contribution in [0.2, 0.25) is 5.02 Å². The highest BCUT2D eigenvalue weighted by atomic mass is 79.9. The molecule has 0 saturated carbocycles. The maximum Gasteiger partial charge on any atom is 0.140 e. The summed E-state index contributed by atoms with van der Waals surface area (Å²) >= 11 is 9.92. The lowest BCUT2D eigenvalue weighted by molar-refractivity contribution is 0.246. The Morgan fingerprint density at radius 2 is 1.63 bits per heavy atom. The zero-order valence-electron chi connectivity index (χ0n) is 22.6. The number of imidazole rings is 1. The van der Waals surface area contributed by atoms with Crippen molar-refractivity contribution in [3.05, 3.63) is 93.5 Å². The van der Waals surface area contributed by atoms with Crippen LogP contribution in [0.4, 0.5) is 0 Å². The Bertz CT molecular complexity index is 1300. The quantitative estimate of drug-likeness (QED) is 0.155. The smallest absolute Gasteiger partial charge is 0.140 e. The molecule has 6 heteroatoms. The van der Waals surface area contributed by atoms with E-state index in [0.717, 1.165) is 89.8 Å². The van der Waals surface area contributed by atoms with Gasteiger partial charge in [-0.15, -0.1) is 0 Å². The highest BCUT2D eigenvalue weighted by Gasteiger charge is 2.22. The number of hydrogen-bond donors (Lipinski definition) is 0. The molecular weight excluding hydrogens is 558 g/mol. The van der Waals surface area contributed by atoms with E-state index in [1.54, 1.807) is 7.11 Å². The summed E-state index contributed by atoms with van der Waals surface area (Å²) in [6.07, 6.45) is 4.52. The highest BCUT2D eigenvalue weighted by Crippen LogP contribution is 2.33. The van der Waals surface area contributed by atoms with Gasteiger partial charge in [0.2, 0.25) is 0 Å².